The Kier molecular flexibility index (Phi) is 14.2. The molecule has 0 saturated heterocycles. The summed E-state index contributed by atoms with van der Waals surface area (Å²) in [4.78, 5) is 33.9. The van der Waals surface area contributed by atoms with Gasteiger partial charge in [0.25, 0.3) is 0 Å². The van der Waals surface area contributed by atoms with Crippen LogP contribution >= 0.6 is 11.3 Å². The van der Waals surface area contributed by atoms with Gasteiger partial charge in [0.1, 0.15) is 6.10 Å². The van der Waals surface area contributed by atoms with Crippen molar-refractivity contribution < 1.29 is 24.9 Å². The lowest BCUT2D eigenvalue weighted by molar-refractivity contribution is -0.140. The van der Waals surface area contributed by atoms with Gasteiger partial charge < -0.3 is 25.5 Å². The van der Waals surface area contributed by atoms with Gasteiger partial charge in [0.15, 0.2) is 0 Å². The zero-order chi connectivity index (χ0) is 30.7. The molecule has 42 heavy (non-hydrogen) atoms. The van der Waals surface area contributed by atoms with Crippen LogP contribution in [-0.4, -0.2) is 74.0 Å². The fraction of sp³-hybridized carbons (Fsp3) is 0.848. The quantitative estimate of drug-likeness (QED) is 0.208. The number of rotatable bonds is 16. The minimum Gasteiger partial charge on any atom is -0.390 e. The van der Waals surface area contributed by atoms with Gasteiger partial charge in [0, 0.05) is 31.3 Å². The number of amides is 2. The van der Waals surface area contributed by atoms with E-state index in [9.17, 15) is 24.9 Å². The number of hydrogen-bond acceptors (Lipinski definition) is 7. The molecule has 2 amide bonds. The topological polar surface area (TPSA) is 123 Å². The first-order valence-corrected chi connectivity index (χ1v) is 17.4. The summed E-state index contributed by atoms with van der Waals surface area (Å²) < 4.78 is 0. The molecule has 240 valence electrons. The predicted octanol–water partition coefficient (Wildman–Crippen LogP) is 5.09. The number of aliphatic hydroxyl groups excluding tert-OH is 2. The van der Waals surface area contributed by atoms with Crippen LogP contribution in [0.5, 0.6) is 0 Å². The van der Waals surface area contributed by atoms with Gasteiger partial charge in [0.05, 0.1) is 34.9 Å². The Morgan fingerprint density at radius 3 is 2.21 bits per heavy atom. The molecule has 1 aromatic rings. The Labute approximate surface area is 257 Å². The molecule has 3 rings (SSSR count). The molecule has 9 heteroatoms. The average molecular weight is 608 g/mol. The van der Waals surface area contributed by atoms with Gasteiger partial charge >= 0.3 is 0 Å². The van der Waals surface area contributed by atoms with E-state index in [1.54, 1.807) is 24.3 Å². The van der Waals surface area contributed by atoms with E-state index >= 15 is 0 Å². The van der Waals surface area contributed by atoms with Crippen LogP contribution in [0.3, 0.4) is 0 Å². The number of nitrogens with one attached hydrogen (secondary N) is 1. The number of aromatic nitrogens is 1. The van der Waals surface area contributed by atoms with Crippen molar-refractivity contribution >= 4 is 23.2 Å². The Hall–Kier alpha value is -1.55. The first kappa shape index (κ1) is 34.9. The average Bonchev–Trinajstić information content (AvgIpc) is 3.44. The summed E-state index contributed by atoms with van der Waals surface area (Å²) >= 11 is 1.46. The maximum absolute atomic E-state index is 14.0. The molecule has 4 N–H and O–H groups in total. The van der Waals surface area contributed by atoms with Crippen LogP contribution in [0.2, 0.25) is 0 Å². The highest BCUT2D eigenvalue weighted by Gasteiger charge is 2.35. The largest absolute Gasteiger partial charge is 0.390 e. The maximum atomic E-state index is 14.0. The van der Waals surface area contributed by atoms with Gasteiger partial charge in [-0.25, -0.2) is 4.98 Å². The SMILES string of the molecule is CC(C)C[C@H](O)[C@H](O)[C@H](CC1CCCCC1)NC(=O)[C@@H](CC(=O)N(CC1CCCCC1)CC(C)(C)O)Cc1cscn1. The van der Waals surface area contributed by atoms with Crippen molar-refractivity contribution in [2.24, 2.45) is 23.7 Å². The predicted molar refractivity (Wildman–Crippen MR) is 168 cm³/mol. The molecule has 2 aliphatic rings. The third kappa shape index (κ3) is 12.2. The van der Waals surface area contributed by atoms with Crippen LogP contribution in [-0.2, 0) is 16.0 Å². The second-order valence-electron chi connectivity index (χ2n) is 14.2. The second-order valence-corrected chi connectivity index (χ2v) is 14.9. The van der Waals surface area contributed by atoms with Crippen molar-refractivity contribution in [2.75, 3.05) is 13.1 Å². The van der Waals surface area contributed by atoms with Crippen molar-refractivity contribution in [1.29, 1.82) is 0 Å². The van der Waals surface area contributed by atoms with Crippen molar-refractivity contribution in [3.05, 3.63) is 16.6 Å². The van der Waals surface area contributed by atoms with E-state index < -0.39 is 29.8 Å². The van der Waals surface area contributed by atoms with E-state index in [4.69, 9.17) is 0 Å². The lowest BCUT2D eigenvalue weighted by Gasteiger charge is -2.35. The van der Waals surface area contributed by atoms with E-state index in [0.29, 0.717) is 37.6 Å². The molecule has 8 nitrogen and oxygen atoms in total. The Bertz CT molecular complexity index is 923. The van der Waals surface area contributed by atoms with Gasteiger partial charge in [-0.05, 0) is 57.3 Å². The molecular weight excluding hydrogens is 550 g/mol. The fourth-order valence-corrected chi connectivity index (χ4v) is 7.42. The van der Waals surface area contributed by atoms with Crippen molar-refractivity contribution in [3.63, 3.8) is 0 Å². The van der Waals surface area contributed by atoms with Gasteiger partial charge in [-0.15, -0.1) is 11.3 Å². The minimum absolute atomic E-state index is 0.00690. The van der Waals surface area contributed by atoms with Crippen molar-refractivity contribution in [2.45, 2.75) is 141 Å². The standard InChI is InChI=1S/C33H57N3O5S/c1-23(2)15-29(37)31(39)28(16-24-11-7-5-8-12-24)35-32(40)26(17-27-20-42-22-34-27)18-30(38)36(21-33(3,4)41)19-25-13-9-6-10-14-25/h20,22-26,28-29,31,37,39,41H,5-19,21H2,1-4H3,(H,35,40)/t26-,28+,29+,31-/m1/s1. The van der Waals surface area contributed by atoms with E-state index in [1.165, 1.54) is 24.2 Å². The summed E-state index contributed by atoms with van der Waals surface area (Å²) in [6.45, 7) is 8.26. The lowest BCUT2D eigenvalue weighted by Crippen LogP contribution is -2.52. The maximum Gasteiger partial charge on any atom is 0.224 e. The molecule has 2 saturated carbocycles. The molecule has 4 atom stereocenters. The van der Waals surface area contributed by atoms with Crippen LogP contribution in [0.15, 0.2) is 10.9 Å². The Morgan fingerprint density at radius 2 is 1.67 bits per heavy atom. The van der Waals surface area contributed by atoms with Gasteiger partial charge in [-0.3, -0.25) is 9.59 Å². The molecule has 2 aliphatic carbocycles. The molecule has 0 spiro atoms. The number of carbonyl (C=O) groups excluding carboxylic acids is 2. The summed E-state index contributed by atoms with van der Waals surface area (Å²) in [5, 5.41) is 37.7. The third-order valence-electron chi connectivity index (χ3n) is 9.02. The molecule has 2 fully saturated rings. The Balaban J connectivity index is 1.78. The normalized spacial score (nSPS) is 20.2. The zero-order valence-corrected chi connectivity index (χ0v) is 27.3. The Morgan fingerprint density at radius 1 is 1.05 bits per heavy atom. The number of aliphatic hydroxyl groups is 3. The number of thiazole rings is 1. The molecule has 0 bridgehead atoms. The fourth-order valence-electron chi connectivity index (χ4n) is 6.85. The first-order valence-electron chi connectivity index (χ1n) is 16.4. The molecule has 0 aromatic carbocycles. The minimum atomic E-state index is -1.08. The van der Waals surface area contributed by atoms with Crippen LogP contribution in [0, 0.1) is 23.7 Å². The van der Waals surface area contributed by atoms with Crippen molar-refractivity contribution in [1.82, 2.24) is 15.2 Å². The van der Waals surface area contributed by atoms with Gasteiger partial charge in [0.2, 0.25) is 11.8 Å². The summed E-state index contributed by atoms with van der Waals surface area (Å²) in [5.41, 5.74) is 1.45. The summed E-state index contributed by atoms with van der Waals surface area (Å²) in [6.07, 6.45) is 10.7. The van der Waals surface area contributed by atoms with E-state index in [0.717, 1.165) is 57.1 Å². The number of hydrogen-bond donors (Lipinski definition) is 4. The highest BCUT2D eigenvalue weighted by molar-refractivity contribution is 7.07. The van der Waals surface area contributed by atoms with E-state index in [1.807, 2.05) is 19.2 Å². The number of nitrogens with zero attached hydrogens (tertiary/aromatic N) is 2. The summed E-state index contributed by atoms with van der Waals surface area (Å²) in [6, 6.07) is -0.586. The van der Waals surface area contributed by atoms with Crippen LogP contribution in [0.25, 0.3) is 0 Å². The molecule has 1 heterocycles. The van der Waals surface area contributed by atoms with E-state index in [2.05, 4.69) is 10.3 Å². The number of carbonyl (C=O) groups is 2. The smallest absolute Gasteiger partial charge is 0.224 e. The van der Waals surface area contributed by atoms with Crippen LogP contribution < -0.4 is 5.32 Å². The molecule has 0 unspecified atom stereocenters. The molecule has 1 aromatic heterocycles. The highest BCUT2D eigenvalue weighted by Crippen LogP contribution is 2.30. The monoisotopic (exact) mass is 607 g/mol. The molecule has 0 aliphatic heterocycles. The zero-order valence-electron chi connectivity index (χ0n) is 26.5. The second kappa shape index (κ2) is 17.1. The van der Waals surface area contributed by atoms with Gasteiger partial charge in [-0.1, -0.05) is 65.2 Å². The van der Waals surface area contributed by atoms with Crippen LogP contribution in [0.4, 0.5) is 0 Å². The first-order chi connectivity index (χ1) is 19.9. The molecule has 0 radical (unpaired) electrons. The summed E-state index contributed by atoms with van der Waals surface area (Å²) in [7, 11) is 0. The van der Waals surface area contributed by atoms with Gasteiger partial charge in [-0.2, -0.15) is 0 Å². The summed E-state index contributed by atoms with van der Waals surface area (Å²) in [5.74, 6) is -0.0778. The van der Waals surface area contributed by atoms with Crippen LogP contribution in [0.1, 0.15) is 117 Å². The highest BCUT2D eigenvalue weighted by atomic mass is 32.1. The van der Waals surface area contributed by atoms with E-state index in [-0.39, 0.29) is 30.7 Å². The van der Waals surface area contributed by atoms with Crippen molar-refractivity contribution in [3.8, 4) is 0 Å². The third-order valence-corrected chi connectivity index (χ3v) is 9.66. The lowest BCUT2D eigenvalue weighted by atomic mass is 9.82. The molecular formula is C33H57N3O5S.